The fourth-order valence-electron chi connectivity index (χ4n) is 7.49. The van der Waals surface area contributed by atoms with Gasteiger partial charge in [0.25, 0.3) is 0 Å². The standard InChI is InChI=1S/C46H88N4O2/c1-5-9-11-13-15-17-19-21-23-25-27-29-31-33-35-37-45(51)47-43(7-3)49-39-41-50(42-40-49)44(8-4)48-46(52)38-36-34-32-30-28-26-24-22-20-18-16-14-12-10-6-2/h21-24,43-44H,5-20,25-42H2,1-4H3,(H,47,51)(H,48,52)/b23-21-,24-22?. The van der Waals surface area contributed by atoms with Crippen molar-refractivity contribution < 1.29 is 9.59 Å². The molecule has 0 saturated carbocycles. The molecular formula is C46H88N4O2. The van der Waals surface area contributed by atoms with Gasteiger partial charge in [0.2, 0.25) is 11.8 Å². The van der Waals surface area contributed by atoms with Crippen LogP contribution in [-0.4, -0.2) is 60.1 Å². The van der Waals surface area contributed by atoms with E-state index >= 15 is 0 Å². The molecule has 1 rings (SSSR count). The van der Waals surface area contributed by atoms with Crippen molar-refractivity contribution in [3.05, 3.63) is 24.3 Å². The molecule has 52 heavy (non-hydrogen) atoms. The maximum atomic E-state index is 12.8. The molecule has 6 nitrogen and oxygen atoms in total. The van der Waals surface area contributed by atoms with Crippen LogP contribution in [0, 0.1) is 0 Å². The van der Waals surface area contributed by atoms with E-state index in [1.807, 2.05) is 0 Å². The number of hydrogen-bond donors (Lipinski definition) is 2. The highest BCUT2D eigenvalue weighted by atomic mass is 16.2. The number of nitrogens with zero attached hydrogens (tertiary/aromatic N) is 2. The van der Waals surface area contributed by atoms with Gasteiger partial charge in [-0.2, -0.15) is 0 Å². The van der Waals surface area contributed by atoms with Gasteiger partial charge in [0.15, 0.2) is 0 Å². The molecule has 2 amide bonds. The van der Waals surface area contributed by atoms with Crippen LogP contribution < -0.4 is 10.6 Å². The maximum Gasteiger partial charge on any atom is 0.221 e. The number of carbonyl (C=O) groups excluding carboxylic acids is 2. The summed E-state index contributed by atoms with van der Waals surface area (Å²) < 4.78 is 0. The third-order valence-electron chi connectivity index (χ3n) is 11.0. The van der Waals surface area contributed by atoms with Gasteiger partial charge in [-0.3, -0.25) is 19.4 Å². The van der Waals surface area contributed by atoms with E-state index in [9.17, 15) is 9.59 Å². The lowest BCUT2D eigenvalue weighted by Crippen LogP contribution is -2.59. The van der Waals surface area contributed by atoms with E-state index in [1.54, 1.807) is 0 Å². The van der Waals surface area contributed by atoms with Crippen LogP contribution in [-0.2, 0) is 9.59 Å². The average molecular weight is 729 g/mol. The van der Waals surface area contributed by atoms with Gasteiger partial charge >= 0.3 is 0 Å². The second kappa shape index (κ2) is 36.3. The van der Waals surface area contributed by atoms with E-state index in [4.69, 9.17) is 0 Å². The fraction of sp³-hybridized carbons (Fsp3) is 0.870. The summed E-state index contributed by atoms with van der Waals surface area (Å²) in [5.74, 6) is 0.391. The Hall–Kier alpha value is -1.66. The Kier molecular flexibility index (Phi) is 33.8. The minimum Gasteiger partial charge on any atom is -0.341 e. The van der Waals surface area contributed by atoms with Crippen LogP contribution in [0.2, 0.25) is 0 Å². The third kappa shape index (κ3) is 27.9. The van der Waals surface area contributed by atoms with Crippen molar-refractivity contribution in [2.24, 2.45) is 0 Å². The quantitative estimate of drug-likeness (QED) is 0.0498. The predicted molar refractivity (Wildman–Crippen MR) is 226 cm³/mol. The number of unbranched alkanes of at least 4 members (excludes halogenated alkanes) is 22. The molecule has 1 saturated heterocycles. The first-order chi connectivity index (χ1) is 25.5. The lowest BCUT2D eigenvalue weighted by Gasteiger charge is -2.42. The molecule has 6 heteroatoms. The van der Waals surface area contributed by atoms with E-state index in [0.29, 0.717) is 12.8 Å². The average Bonchev–Trinajstić information content (AvgIpc) is 3.16. The van der Waals surface area contributed by atoms with Crippen molar-refractivity contribution in [2.45, 2.75) is 233 Å². The smallest absolute Gasteiger partial charge is 0.221 e. The highest BCUT2D eigenvalue weighted by molar-refractivity contribution is 5.76. The van der Waals surface area contributed by atoms with Crippen molar-refractivity contribution in [1.29, 1.82) is 0 Å². The minimum absolute atomic E-state index is 0.105. The SMILES string of the molecule is CCCCCCCCC=CCCCCCCCC(=O)NC(CC)N1CCN(C(CC)NC(=O)CCCCCCC/C=C\CCCCCCCC)CC1. The summed E-state index contributed by atoms with van der Waals surface area (Å²) in [5, 5.41) is 6.65. The Labute approximate surface area is 324 Å². The zero-order chi connectivity index (χ0) is 37.7. The molecule has 0 aliphatic carbocycles. The molecule has 1 heterocycles. The molecule has 0 spiro atoms. The summed E-state index contributed by atoms with van der Waals surface area (Å²) in [5.41, 5.74) is 0. The Bertz CT molecular complexity index is 796. The molecular weight excluding hydrogens is 641 g/mol. The number of nitrogens with one attached hydrogen (secondary N) is 2. The van der Waals surface area contributed by atoms with Gasteiger partial charge in [-0.15, -0.1) is 0 Å². The summed E-state index contributed by atoms with van der Waals surface area (Å²) >= 11 is 0. The molecule has 1 aliphatic rings. The van der Waals surface area contributed by atoms with Gasteiger partial charge in [0, 0.05) is 39.0 Å². The number of allylic oxidation sites excluding steroid dienone is 4. The molecule has 2 unspecified atom stereocenters. The molecule has 0 bridgehead atoms. The minimum atomic E-state index is 0.105. The second-order valence-electron chi connectivity index (χ2n) is 15.7. The Balaban J connectivity index is 2.09. The second-order valence-corrected chi connectivity index (χ2v) is 15.7. The van der Waals surface area contributed by atoms with E-state index in [1.165, 1.54) is 141 Å². The van der Waals surface area contributed by atoms with Gasteiger partial charge < -0.3 is 10.6 Å². The first-order valence-electron chi connectivity index (χ1n) is 22.9. The van der Waals surface area contributed by atoms with E-state index < -0.39 is 0 Å². The highest BCUT2D eigenvalue weighted by Crippen LogP contribution is 2.15. The number of hydrogen-bond acceptors (Lipinski definition) is 4. The fourth-order valence-corrected chi connectivity index (χ4v) is 7.49. The van der Waals surface area contributed by atoms with Crippen LogP contribution >= 0.6 is 0 Å². The van der Waals surface area contributed by atoms with Gasteiger partial charge in [-0.25, -0.2) is 0 Å². The molecule has 304 valence electrons. The van der Waals surface area contributed by atoms with Crippen LogP contribution in [0.5, 0.6) is 0 Å². The number of rotatable bonds is 36. The first kappa shape index (κ1) is 48.4. The van der Waals surface area contributed by atoms with Gasteiger partial charge in [-0.05, 0) is 77.0 Å². The molecule has 2 atom stereocenters. The topological polar surface area (TPSA) is 64.7 Å². The van der Waals surface area contributed by atoms with Crippen molar-refractivity contribution in [3.63, 3.8) is 0 Å². The highest BCUT2D eigenvalue weighted by Gasteiger charge is 2.27. The van der Waals surface area contributed by atoms with Crippen molar-refractivity contribution in [1.82, 2.24) is 20.4 Å². The van der Waals surface area contributed by atoms with Gasteiger partial charge in [-0.1, -0.05) is 155 Å². The molecule has 1 aliphatic heterocycles. The summed E-state index contributed by atoms with van der Waals surface area (Å²) in [6, 6.07) is 0. The summed E-state index contributed by atoms with van der Waals surface area (Å²) in [6.07, 6.45) is 46.0. The van der Waals surface area contributed by atoms with Crippen LogP contribution in [0.4, 0.5) is 0 Å². The van der Waals surface area contributed by atoms with Crippen LogP contribution in [0.25, 0.3) is 0 Å². The Morgan fingerprint density at radius 1 is 0.423 bits per heavy atom. The lowest BCUT2D eigenvalue weighted by atomic mass is 10.1. The van der Waals surface area contributed by atoms with Crippen molar-refractivity contribution in [2.75, 3.05) is 26.2 Å². The Morgan fingerprint density at radius 3 is 0.981 bits per heavy atom. The normalized spacial score (nSPS) is 15.5. The Morgan fingerprint density at radius 2 is 0.692 bits per heavy atom. The number of piperazine rings is 1. The monoisotopic (exact) mass is 729 g/mol. The molecule has 0 radical (unpaired) electrons. The summed E-state index contributed by atoms with van der Waals surface area (Å²) in [6.45, 7) is 12.6. The molecule has 0 aromatic heterocycles. The van der Waals surface area contributed by atoms with Gasteiger partial charge in [0.1, 0.15) is 0 Å². The van der Waals surface area contributed by atoms with Crippen LogP contribution in [0.15, 0.2) is 24.3 Å². The van der Waals surface area contributed by atoms with Crippen molar-refractivity contribution >= 4 is 11.8 Å². The molecule has 1 fully saturated rings. The zero-order valence-electron chi connectivity index (χ0n) is 35.2. The third-order valence-corrected chi connectivity index (χ3v) is 11.0. The van der Waals surface area contributed by atoms with Crippen LogP contribution in [0.1, 0.15) is 220 Å². The maximum absolute atomic E-state index is 12.8. The van der Waals surface area contributed by atoms with E-state index in [-0.39, 0.29) is 24.1 Å². The zero-order valence-corrected chi connectivity index (χ0v) is 35.2. The van der Waals surface area contributed by atoms with E-state index in [0.717, 1.165) is 64.7 Å². The summed E-state index contributed by atoms with van der Waals surface area (Å²) in [7, 11) is 0. The first-order valence-corrected chi connectivity index (χ1v) is 22.9. The van der Waals surface area contributed by atoms with Crippen LogP contribution in [0.3, 0.4) is 0 Å². The molecule has 2 N–H and O–H groups in total. The summed E-state index contributed by atoms with van der Waals surface area (Å²) in [4.78, 5) is 30.4. The predicted octanol–water partition coefficient (Wildman–Crippen LogP) is 12.4. The van der Waals surface area contributed by atoms with E-state index in [2.05, 4.69) is 72.4 Å². The largest absolute Gasteiger partial charge is 0.341 e. The molecule has 0 aromatic rings. The number of carbonyl (C=O) groups is 2. The molecule has 0 aromatic carbocycles. The van der Waals surface area contributed by atoms with Crippen molar-refractivity contribution in [3.8, 4) is 0 Å². The number of amides is 2. The van der Waals surface area contributed by atoms with Gasteiger partial charge in [0.05, 0.1) is 12.3 Å². The lowest BCUT2D eigenvalue weighted by molar-refractivity contribution is -0.125.